The number of rotatable bonds is 8. The molecule has 0 aliphatic carbocycles. The fourth-order valence-electron chi connectivity index (χ4n) is 2.47. The topological polar surface area (TPSA) is 113 Å². The number of anilines is 1. The monoisotopic (exact) mass is 340 g/mol. The van der Waals surface area contributed by atoms with Crippen LogP contribution in [0.1, 0.15) is 18.2 Å². The van der Waals surface area contributed by atoms with Crippen molar-refractivity contribution in [2.24, 2.45) is 5.73 Å². The molecule has 7 heteroatoms. The lowest BCUT2D eigenvalue weighted by Gasteiger charge is -2.07. The van der Waals surface area contributed by atoms with Crippen molar-refractivity contribution in [2.75, 3.05) is 18.5 Å². The third kappa shape index (κ3) is 4.27. The van der Waals surface area contributed by atoms with Gasteiger partial charge in [-0.25, -0.2) is 4.98 Å². The normalized spacial score (nSPS) is 12.0. The van der Waals surface area contributed by atoms with Gasteiger partial charge in [0.1, 0.15) is 17.6 Å². The highest BCUT2D eigenvalue weighted by Gasteiger charge is 2.16. The van der Waals surface area contributed by atoms with Crippen LogP contribution >= 0.6 is 0 Å². The van der Waals surface area contributed by atoms with E-state index >= 15 is 0 Å². The van der Waals surface area contributed by atoms with Crippen molar-refractivity contribution in [3.8, 4) is 5.75 Å². The smallest absolute Gasteiger partial charge is 0.326 e. The average molecular weight is 340 g/mol. The summed E-state index contributed by atoms with van der Waals surface area (Å²) < 4.78 is 5.75. The number of aliphatic carboxylic acids is 1. The number of nitrogens with two attached hydrogens (primary N) is 1. The van der Waals surface area contributed by atoms with Gasteiger partial charge >= 0.3 is 5.97 Å². The van der Waals surface area contributed by atoms with E-state index in [1.807, 2.05) is 36.4 Å². The van der Waals surface area contributed by atoms with Crippen LogP contribution in [-0.2, 0) is 4.79 Å². The summed E-state index contributed by atoms with van der Waals surface area (Å²) in [5, 5.41) is 13.1. The van der Waals surface area contributed by atoms with Crippen molar-refractivity contribution < 1.29 is 14.6 Å². The molecule has 0 bridgehead atoms. The number of nitrogens with one attached hydrogen (secondary N) is 2. The highest BCUT2D eigenvalue weighted by molar-refractivity contribution is 5.84. The van der Waals surface area contributed by atoms with Gasteiger partial charge in [-0.15, -0.1) is 0 Å². The number of aromatic nitrogens is 2. The standard InChI is InChI=1S/C18H20N4O3/c19-17(18(23)24)15-11-12-10-13(5-6-14(12)22-15)25-9-3-8-21-16-4-1-2-7-20-16/h1-2,4-7,10-11,17,22H,3,8-9,19H2,(H,20,21)(H,23,24). The van der Waals surface area contributed by atoms with Gasteiger partial charge < -0.3 is 25.9 Å². The summed E-state index contributed by atoms with van der Waals surface area (Å²) in [5.41, 5.74) is 6.93. The van der Waals surface area contributed by atoms with Crippen molar-refractivity contribution in [3.63, 3.8) is 0 Å². The molecule has 0 aliphatic rings. The van der Waals surface area contributed by atoms with Crippen molar-refractivity contribution in [1.29, 1.82) is 0 Å². The number of carboxylic acids is 1. The number of carboxylic acid groups (broad SMARTS) is 1. The molecule has 0 fully saturated rings. The number of carbonyl (C=O) groups is 1. The van der Waals surface area contributed by atoms with Crippen LogP contribution in [0.5, 0.6) is 5.75 Å². The van der Waals surface area contributed by atoms with Crippen LogP contribution in [0.2, 0.25) is 0 Å². The maximum absolute atomic E-state index is 11.0. The largest absolute Gasteiger partial charge is 0.494 e. The molecular weight excluding hydrogens is 320 g/mol. The summed E-state index contributed by atoms with van der Waals surface area (Å²) in [6, 6.07) is 12.0. The first-order valence-corrected chi connectivity index (χ1v) is 8.02. The fourth-order valence-corrected chi connectivity index (χ4v) is 2.47. The van der Waals surface area contributed by atoms with Gasteiger partial charge in [0.15, 0.2) is 0 Å². The molecule has 2 heterocycles. The second kappa shape index (κ2) is 7.67. The number of hydrogen-bond acceptors (Lipinski definition) is 5. The number of hydrogen-bond donors (Lipinski definition) is 4. The summed E-state index contributed by atoms with van der Waals surface area (Å²) in [4.78, 5) is 18.2. The molecule has 0 aliphatic heterocycles. The molecule has 5 N–H and O–H groups in total. The number of fused-ring (bicyclic) bond motifs is 1. The van der Waals surface area contributed by atoms with Gasteiger partial charge in [-0.05, 0) is 42.8 Å². The van der Waals surface area contributed by atoms with Gasteiger partial charge in [-0.1, -0.05) is 6.07 Å². The predicted octanol–water partition coefficient (Wildman–Crippen LogP) is 2.53. The zero-order valence-electron chi connectivity index (χ0n) is 13.6. The van der Waals surface area contributed by atoms with E-state index in [4.69, 9.17) is 15.6 Å². The maximum Gasteiger partial charge on any atom is 0.326 e. The number of aromatic amines is 1. The second-order valence-corrected chi connectivity index (χ2v) is 5.63. The summed E-state index contributed by atoms with van der Waals surface area (Å²) >= 11 is 0. The minimum absolute atomic E-state index is 0.471. The average Bonchev–Trinajstić information content (AvgIpc) is 3.04. The number of benzene rings is 1. The molecule has 25 heavy (non-hydrogen) atoms. The Kier molecular flexibility index (Phi) is 5.15. The van der Waals surface area contributed by atoms with E-state index in [1.54, 1.807) is 12.3 Å². The Hall–Kier alpha value is -3.06. The maximum atomic E-state index is 11.0. The Balaban J connectivity index is 1.52. The van der Waals surface area contributed by atoms with E-state index in [1.165, 1.54) is 0 Å². The van der Waals surface area contributed by atoms with Crippen molar-refractivity contribution >= 4 is 22.7 Å². The molecule has 0 saturated heterocycles. The van der Waals surface area contributed by atoms with Crippen LogP contribution in [0.4, 0.5) is 5.82 Å². The van der Waals surface area contributed by atoms with E-state index in [0.717, 1.165) is 35.4 Å². The number of H-pyrrole nitrogens is 1. The molecule has 1 aromatic carbocycles. The number of ether oxygens (including phenoxy) is 1. The molecule has 3 rings (SSSR count). The lowest BCUT2D eigenvalue weighted by Crippen LogP contribution is -2.20. The zero-order chi connectivity index (χ0) is 17.6. The molecule has 3 aromatic rings. The Morgan fingerprint density at radius 2 is 2.20 bits per heavy atom. The van der Waals surface area contributed by atoms with Gasteiger partial charge in [-0.2, -0.15) is 0 Å². The molecule has 1 unspecified atom stereocenters. The summed E-state index contributed by atoms with van der Waals surface area (Å²) in [6.45, 7) is 1.33. The number of pyridine rings is 1. The molecule has 0 amide bonds. The second-order valence-electron chi connectivity index (χ2n) is 5.63. The molecule has 2 aromatic heterocycles. The molecule has 7 nitrogen and oxygen atoms in total. The van der Waals surface area contributed by atoms with Gasteiger partial charge in [0.2, 0.25) is 0 Å². The first-order valence-electron chi connectivity index (χ1n) is 8.02. The summed E-state index contributed by atoms with van der Waals surface area (Å²) in [7, 11) is 0. The van der Waals surface area contributed by atoms with E-state index in [-0.39, 0.29) is 0 Å². The van der Waals surface area contributed by atoms with Crippen LogP contribution in [0, 0.1) is 0 Å². The highest BCUT2D eigenvalue weighted by Crippen LogP contribution is 2.24. The molecule has 1 atom stereocenters. The van der Waals surface area contributed by atoms with Gasteiger partial charge in [-0.3, -0.25) is 4.79 Å². The number of nitrogens with zero attached hydrogens (tertiary/aromatic N) is 1. The van der Waals surface area contributed by atoms with Crippen LogP contribution in [0.25, 0.3) is 10.9 Å². The van der Waals surface area contributed by atoms with Crippen molar-refractivity contribution in [1.82, 2.24) is 9.97 Å². The van der Waals surface area contributed by atoms with Gasteiger partial charge in [0, 0.05) is 29.3 Å². The van der Waals surface area contributed by atoms with Gasteiger partial charge in [0.25, 0.3) is 0 Å². The van der Waals surface area contributed by atoms with Crippen LogP contribution in [0.3, 0.4) is 0 Å². The molecule has 0 saturated carbocycles. The van der Waals surface area contributed by atoms with E-state index in [0.29, 0.717) is 12.3 Å². The Bertz CT molecular complexity index is 848. The lowest BCUT2D eigenvalue weighted by atomic mass is 10.2. The quantitative estimate of drug-likeness (QED) is 0.469. The fraction of sp³-hybridized carbons (Fsp3) is 0.222. The minimum atomic E-state index is -1.07. The van der Waals surface area contributed by atoms with Crippen molar-refractivity contribution in [3.05, 3.63) is 54.4 Å². The van der Waals surface area contributed by atoms with Gasteiger partial charge in [0.05, 0.1) is 6.61 Å². The molecule has 0 radical (unpaired) electrons. The predicted molar refractivity (Wildman–Crippen MR) is 95.7 cm³/mol. The summed E-state index contributed by atoms with van der Waals surface area (Å²) in [6.07, 6.45) is 2.58. The third-order valence-corrected chi connectivity index (χ3v) is 3.78. The highest BCUT2D eigenvalue weighted by atomic mass is 16.5. The van der Waals surface area contributed by atoms with Crippen LogP contribution in [-0.4, -0.2) is 34.2 Å². The first-order chi connectivity index (χ1) is 12.1. The molecular formula is C18H20N4O3. The Morgan fingerprint density at radius 3 is 2.96 bits per heavy atom. The van der Waals surface area contributed by atoms with Crippen molar-refractivity contribution in [2.45, 2.75) is 12.5 Å². The van der Waals surface area contributed by atoms with Crippen LogP contribution < -0.4 is 15.8 Å². The molecule has 130 valence electrons. The van der Waals surface area contributed by atoms with E-state index < -0.39 is 12.0 Å². The van der Waals surface area contributed by atoms with E-state index in [9.17, 15) is 4.79 Å². The first kappa shape index (κ1) is 16.8. The van der Waals surface area contributed by atoms with E-state index in [2.05, 4.69) is 15.3 Å². The third-order valence-electron chi connectivity index (χ3n) is 3.78. The SMILES string of the molecule is NC(C(=O)O)c1cc2cc(OCCCNc3ccccn3)ccc2[nH]1. The zero-order valence-corrected chi connectivity index (χ0v) is 13.6. The van der Waals surface area contributed by atoms with Crippen LogP contribution in [0.15, 0.2) is 48.7 Å². The summed E-state index contributed by atoms with van der Waals surface area (Å²) in [5.74, 6) is 0.516. The Labute approximate surface area is 144 Å². The Morgan fingerprint density at radius 1 is 1.32 bits per heavy atom. The minimum Gasteiger partial charge on any atom is -0.494 e. The molecule has 0 spiro atoms. The lowest BCUT2D eigenvalue weighted by molar-refractivity contribution is -0.138.